The second-order valence-electron chi connectivity index (χ2n) is 3.95. The van der Waals surface area contributed by atoms with Gasteiger partial charge in [0.2, 0.25) is 0 Å². The van der Waals surface area contributed by atoms with E-state index in [-0.39, 0.29) is 5.41 Å². The predicted molar refractivity (Wildman–Crippen MR) is 50.0 cm³/mol. The van der Waals surface area contributed by atoms with Crippen LogP contribution in [0.5, 0.6) is 0 Å². The summed E-state index contributed by atoms with van der Waals surface area (Å²) in [5.41, 5.74) is 4.75. The maximum absolute atomic E-state index is 5.33. The molecule has 0 heterocycles. The Morgan fingerprint density at radius 3 is 2.67 bits per heavy atom. The van der Waals surface area contributed by atoms with Gasteiger partial charge in [-0.05, 0) is 24.3 Å². The summed E-state index contributed by atoms with van der Waals surface area (Å²) in [5.74, 6) is 10.5. The molecule has 0 bridgehead atoms. The molecule has 1 rings (SSSR count). The maximum atomic E-state index is 5.33. The first-order valence-corrected chi connectivity index (χ1v) is 4.01. The number of nitrogens with one attached hydrogen (secondary N) is 1. The summed E-state index contributed by atoms with van der Waals surface area (Å²) in [6, 6.07) is 0. The van der Waals surface area contributed by atoms with Crippen LogP contribution in [0.1, 0.15) is 26.7 Å². The Balaban J connectivity index is 2.86. The Labute approximate surface area is 72.7 Å². The molecule has 5 N–H and O–H groups in total. The van der Waals surface area contributed by atoms with Crippen LogP contribution in [0, 0.1) is 5.41 Å². The number of rotatable bonds is 1. The fraction of sp³-hybridized carbons (Fsp3) is 0.625. The molecule has 0 aromatic carbocycles. The lowest BCUT2D eigenvalue weighted by Gasteiger charge is -2.29. The average Bonchev–Trinajstić information content (AvgIpc) is 2.01. The van der Waals surface area contributed by atoms with Crippen molar-refractivity contribution in [2.75, 3.05) is 0 Å². The van der Waals surface area contributed by atoms with Crippen LogP contribution in [0.15, 0.2) is 16.9 Å². The van der Waals surface area contributed by atoms with Crippen LogP contribution < -0.4 is 17.1 Å². The Morgan fingerprint density at radius 2 is 2.17 bits per heavy atom. The van der Waals surface area contributed by atoms with Gasteiger partial charge in [0.25, 0.3) is 0 Å². The maximum Gasteiger partial charge on any atom is 0.0623 e. The second kappa shape index (κ2) is 3.15. The van der Waals surface area contributed by atoms with Gasteiger partial charge in [-0.1, -0.05) is 13.8 Å². The van der Waals surface area contributed by atoms with Crippen LogP contribution in [0.3, 0.4) is 0 Å². The number of allylic oxidation sites excluding steroid dienone is 2. The first-order valence-electron chi connectivity index (χ1n) is 4.01. The monoisotopic (exact) mass is 168 g/mol. The minimum Gasteiger partial charge on any atom is -0.328 e. The minimum atomic E-state index is 0.203. The van der Waals surface area contributed by atoms with E-state index in [0.29, 0.717) is 0 Å². The average molecular weight is 168 g/mol. The van der Waals surface area contributed by atoms with Gasteiger partial charge in [0.1, 0.15) is 0 Å². The molecular formula is C8H16N4. The number of nitrogens with zero attached hydrogens (tertiary/aromatic N) is 1. The highest BCUT2D eigenvalue weighted by atomic mass is 15.2. The highest BCUT2D eigenvalue weighted by Crippen LogP contribution is 2.32. The van der Waals surface area contributed by atoms with E-state index in [4.69, 9.17) is 11.7 Å². The van der Waals surface area contributed by atoms with Crippen LogP contribution >= 0.6 is 0 Å². The van der Waals surface area contributed by atoms with Crippen molar-refractivity contribution in [1.29, 1.82) is 0 Å². The topological polar surface area (TPSA) is 76.4 Å². The quantitative estimate of drug-likeness (QED) is 0.393. The molecule has 0 fully saturated rings. The summed E-state index contributed by atoms with van der Waals surface area (Å²) < 4.78 is 0. The molecule has 1 aliphatic rings. The van der Waals surface area contributed by atoms with Gasteiger partial charge in [0.05, 0.1) is 5.71 Å². The number of hydrogen-bond acceptors (Lipinski definition) is 4. The highest BCUT2D eigenvalue weighted by molar-refractivity contribution is 5.96. The van der Waals surface area contributed by atoms with Crippen LogP contribution in [-0.2, 0) is 0 Å². The molecule has 4 heteroatoms. The van der Waals surface area contributed by atoms with E-state index in [1.165, 1.54) is 0 Å². The first-order chi connectivity index (χ1) is 5.57. The zero-order valence-corrected chi connectivity index (χ0v) is 7.59. The SMILES string of the molecule is CC1(C)CC(NN)=C/C(=N/N)C1. The number of hydrazone groups is 1. The van der Waals surface area contributed by atoms with E-state index < -0.39 is 0 Å². The van der Waals surface area contributed by atoms with Gasteiger partial charge in [-0.25, -0.2) is 0 Å². The van der Waals surface area contributed by atoms with Crippen molar-refractivity contribution >= 4 is 5.71 Å². The molecule has 0 amide bonds. The molecule has 0 radical (unpaired) electrons. The summed E-state index contributed by atoms with van der Waals surface area (Å²) in [4.78, 5) is 0. The minimum absolute atomic E-state index is 0.203. The van der Waals surface area contributed by atoms with Gasteiger partial charge in [-0.2, -0.15) is 5.10 Å². The van der Waals surface area contributed by atoms with Gasteiger partial charge >= 0.3 is 0 Å². The van der Waals surface area contributed by atoms with Crippen LogP contribution in [0.2, 0.25) is 0 Å². The molecule has 0 saturated carbocycles. The highest BCUT2D eigenvalue weighted by Gasteiger charge is 2.25. The van der Waals surface area contributed by atoms with Crippen molar-refractivity contribution in [1.82, 2.24) is 5.43 Å². The van der Waals surface area contributed by atoms with Gasteiger partial charge < -0.3 is 11.3 Å². The fourth-order valence-corrected chi connectivity index (χ4v) is 1.55. The molecule has 0 saturated heterocycles. The lowest BCUT2D eigenvalue weighted by molar-refractivity contribution is 0.363. The van der Waals surface area contributed by atoms with E-state index >= 15 is 0 Å². The Hall–Kier alpha value is -1.03. The van der Waals surface area contributed by atoms with Gasteiger partial charge in [0.15, 0.2) is 0 Å². The smallest absolute Gasteiger partial charge is 0.0623 e. The van der Waals surface area contributed by atoms with E-state index in [0.717, 1.165) is 24.3 Å². The van der Waals surface area contributed by atoms with Crippen LogP contribution in [-0.4, -0.2) is 5.71 Å². The molecule has 0 unspecified atom stereocenters. The number of nitrogens with two attached hydrogens (primary N) is 2. The van der Waals surface area contributed by atoms with Crippen molar-refractivity contribution in [3.05, 3.63) is 11.8 Å². The van der Waals surface area contributed by atoms with Crippen molar-refractivity contribution in [2.24, 2.45) is 22.2 Å². The molecule has 0 aromatic heterocycles. The third-order valence-electron chi connectivity index (χ3n) is 2.02. The summed E-state index contributed by atoms with van der Waals surface area (Å²) in [6.07, 6.45) is 3.77. The Kier molecular flexibility index (Phi) is 2.38. The molecule has 68 valence electrons. The zero-order chi connectivity index (χ0) is 9.19. The Morgan fingerprint density at radius 1 is 1.50 bits per heavy atom. The number of hydrazine groups is 1. The normalized spacial score (nSPS) is 25.2. The summed E-state index contributed by atoms with van der Waals surface area (Å²) in [6.45, 7) is 4.34. The third kappa shape index (κ3) is 1.98. The van der Waals surface area contributed by atoms with Crippen LogP contribution in [0.4, 0.5) is 0 Å². The molecule has 0 aliphatic heterocycles. The zero-order valence-electron chi connectivity index (χ0n) is 7.59. The van der Waals surface area contributed by atoms with E-state index in [2.05, 4.69) is 24.4 Å². The van der Waals surface area contributed by atoms with Crippen molar-refractivity contribution in [3.8, 4) is 0 Å². The van der Waals surface area contributed by atoms with Crippen molar-refractivity contribution in [3.63, 3.8) is 0 Å². The van der Waals surface area contributed by atoms with Gasteiger partial charge in [-0.3, -0.25) is 5.84 Å². The fourth-order valence-electron chi connectivity index (χ4n) is 1.55. The van der Waals surface area contributed by atoms with E-state index in [9.17, 15) is 0 Å². The van der Waals surface area contributed by atoms with E-state index in [1.54, 1.807) is 0 Å². The van der Waals surface area contributed by atoms with Gasteiger partial charge in [0, 0.05) is 5.70 Å². The summed E-state index contributed by atoms with van der Waals surface area (Å²) >= 11 is 0. The van der Waals surface area contributed by atoms with Crippen molar-refractivity contribution in [2.45, 2.75) is 26.7 Å². The van der Waals surface area contributed by atoms with Crippen LogP contribution in [0.25, 0.3) is 0 Å². The molecule has 1 aliphatic carbocycles. The molecule has 12 heavy (non-hydrogen) atoms. The molecule has 0 aromatic rings. The van der Waals surface area contributed by atoms with E-state index in [1.807, 2.05) is 6.08 Å². The number of hydrogen-bond donors (Lipinski definition) is 3. The summed E-state index contributed by atoms with van der Waals surface area (Å²) in [5, 5.41) is 3.69. The largest absolute Gasteiger partial charge is 0.328 e. The standard InChI is InChI=1S/C8H16N4/c1-8(2)4-6(11-9)3-7(5-8)12-10/h3,11H,4-5,9-10H2,1-2H3/b12-7-. The Bertz CT molecular complexity index is 227. The lowest BCUT2D eigenvalue weighted by Crippen LogP contribution is -2.31. The molecule has 0 atom stereocenters. The molecular weight excluding hydrogens is 152 g/mol. The predicted octanol–water partition coefficient (Wildman–Crippen LogP) is 0.468. The molecule has 4 nitrogen and oxygen atoms in total. The summed E-state index contributed by atoms with van der Waals surface area (Å²) in [7, 11) is 0. The second-order valence-corrected chi connectivity index (χ2v) is 3.95. The van der Waals surface area contributed by atoms with Crippen molar-refractivity contribution < 1.29 is 0 Å². The third-order valence-corrected chi connectivity index (χ3v) is 2.02. The lowest BCUT2D eigenvalue weighted by atomic mass is 9.79. The van der Waals surface area contributed by atoms with Gasteiger partial charge in [-0.15, -0.1) is 0 Å². The molecule has 0 spiro atoms. The first kappa shape index (κ1) is 9.06.